The third-order valence-corrected chi connectivity index (χ3v) is 8.55. The number of nitrogens with one attached hydrogen (secondary N) is 1. The number of hydrogen-bond donors (Lipinski definition) is 1. The Morgan fingerprint density at radius 2 is 1.56 bits per heavy atom. The fourth-order valence-electron chi connectivity index (χ4n) is 5.32. The molecule has 0 aliphatic carbocycles. The molecule has 6 aromatic rings. The van der Waals surface area contributed by atoms with Crippen LogP contribution in [0, 0.1) is 20.8 Å². The van der Waals surface area contributed by atoms with Crippen LogP contribution in [0.2, 0.25) is 15.1 Å². The highest BCUT2D eigenvalue weighted by Gasteiger charge is 2.16. The van der Waals surface area contributed by atoms with Crippen molar-refractivity contribution >= 4 is 68.7 Å². The second kappa shape index (κ2) is 11.8. The summed E-state index contributed by atoms with van der Waals surface area (Å²) < 4.78 is 2.22. The molecule has 2 aromatic heterocycles. The molecule has 0 spiro atoms. The van der Waals surface area contributed by atoms with Crippen LogP contribution in [0.5, 0.6) is 0 Å². The van der Waals surface area contributed by atoms with Gasteiger partial charge in [-0.3, -0.25) is 4.79 Å². The Hall–Kier alpha value is -4.16. The number of halogens is 3. The number of aryl methyl sites for hydroxylation is 2. The number of rotatable bonds is 6. The molecule has 43 heavy (non-hydrogen) atoms. The predicted molar refractivity (Wildman–Crippen MR) is 179 cm³/mol. The molecule has 0 fully saturated rings. The van der Waals surface area contributed by atoms with Crippen molar-refractivity contribution in [3.8, 4) is 11.3 Å². The van der Waals surface area contributed by atoms with Gasteiger partial charge in [-0.25, -0.2) is 10.4 Å². The van der Waals surface area contributed by atoms with Gasteiger partial charge in [0.1, 0.15) is 0 Å². The molecule has 214 valence electrons. The number of fused-ring (bicyclic) bond motifs is 2. The Morgan fingerprint density at radius 1 is 0.837 bits per heavy atom. The largest absolute Gasteiger partial charge is 0.340 e. The summed E-state index contributed by atoms with van der Waals surface area (Å²) in [6, 6.07) is 27.1. The Balaban J connectivity index is 1.35. The molecule has 0 saturated carbocycles. The molecule has 0 bridgehead atoms. The van der Waals surface area contributed by atoms with Gasteiger partial charge >= 0.3 is 0 Å². The number of carbonyl (C=O) groups is 1. The Bertz CT molecular complexity index is 2060. The maximum atomic E-state index is 13.6. The van der Waals surface area contributed by atoms with Gasteiger partial charge < -0.3 is 4.57 Å². The van der Waals surface area contributed by atoms with E-state index >= 15 is 0 Å². The summed E-state index contributed by atoms with van der Waals surface area (Å²) >= 11 is 18.5. The van der Waals surface area contributed by atoms with Gasteiger partial charge in [0, 0.05) is 44.7 Å². The number of aromatic nitrogens is 2. The van der Waals surface area contributed by atoms with Gasteiger partial charge in [-0.1, -0.05) is 76.3 Å². The maximum absolute atomic E-state index is 13.6. The smallest absolute Gasteiger partial charge is 0.272 e. The SMILES string of the molecule is Cc1ccc2nc(-c3ccc(Cl)cc3)cc(C(=O)N/N=C/c3c(C)n(Cc4ccc(Cl)c(Cl)c4)c4ccc(C)cc34)c2c1. The zero-order valence-corrected chi connectivity index (χ0v) is 26.0. The number of pyridine rings is 1. The zero-order valence-electron chi connectivity index (χ0n) is 23.8. The second-order valence-electron chi connectivity index (χ2n) is 10.6. The van der Waals surface area contributed by atoms with E-state index in [1.54, 1.807) is 12.3 Å². The molecule has 0 saturated heterocycles. The van der Waals surface area contributed by atoms with Crippen molar-refractivity contribution < 1.29 is 4.79 Å². The summed E-state index contributed by atoms with van der Waals surface area (Å²) in [5.74, 6) is -0.321. The van der Waals surface area contributed by atoms with Crippen LogP contribution in [0.15, 0.2) is 90.0 Å². The molecule has 0 radical (unpaired) electrons. The van der Waals surface area contributed by atoms with Gasteiger partial charge in [-0.05, 0) is 80.9 Å². The van der Waals surface area contributed by atoms with Crippen LogP contribution < -0.4 is 5.43 Å². The molecule has 4 aromatic carbocycles. The molecular formula is C35H27Cl3N4O. The highest BCUT2D eigenvalue weighted by Crippen LogP contribution is 2.30. The maximum Gasteiger partial charge on any atom is 0.272 e. The Morgan fingerprint density at radius 3 is 2.30 bits per heavy atom. The van der Waals surface area contributed by atoms with Crippen molar-refractivity contribution in [2.24, 2.45) is 5.10 Å². The molecule has 6 rings (SSSR count). The predicted octanol–water partition coefficient (Wildman–Crippen LogP) is 9.55. The van der Waals surface area contributed by atoms with Crippen LogP contribution in [0.25, 0.3) is 33.1 Å². The summed E-state index contributed by atoms with van der Waals surface area (Å²) in [5, 5.41) is 7.92. The van der Waals surface area contributed by atoms with E-state index in [4.69, 9.17) is 39.8 Å². The first-order chi connectivity index (χ1) is 20.7. The lowest BCUT2D eigenvalue weighted by atomic mass is 10.0. The van der Waals surface area contributed by atoms with E-state index in [1.165, 1.54) is 0 Å². The summed E-state index contributed by atoms with van der Waals surface area (Å²) in [6.07, 6.45) is 1.72. The molecule has 1 amide bonds. The van der Waals surface area contributed by atoms with Gasteiger partial charge in [0.2, 0.25) is 0 Å². The fourth-order valence-corrected chi connectivity index (χ4v) is 5.77. The molecular weight excluding hydrogens is 599 g/mol. The van der Waals surface area contributed by atoms with E-state index in [1.807, 2.05) is 74.5 Å². The summed E-state index contributed by atoms with van der Waals surface area (Å²) in [6.45, 7) is 6.71. The average Bonchev–Trinajstić information content (AvgIpc) is 3.24. The molecule has 0 aliphatic heterocycles. The van der Waals surface area contributed by atoms with E-state index in [2.05, 4.69) is 40.2 Å². The van der Waals surface area contributed by atoms with Crippen molar-refractivity contribution in [3.63, 3.8) is 0 Å². The van der Waals surface area contributed by atoms with E-state index < -0.39 is 0 Å². The molecule has 0 atom stereocenters. The van der Waals surface area contributed by atoms with E-state index in [-0.39, 0.29) is 5.91 Å². The number of hydrogen-bond acceptors (Lipinski definition) is 3. The summed E-state index contributed by atoms with van der Waals surface area (Å²) in [4.78, 5) is 18.4. The van der Waals surface area contributed by atoms with Crippen molar-refractivity contribution in [2.45, 2.75) is 27.3 Å². The first-order valence-electron chi connectivity index (χ1n) is 13.7. The lowest BCUT2D eigenvalue weighted by Crippen LogP contribution is -2.18. The normalized spacial score (nSPS) is 11.6. The summed E-state index contributed by atoms with van der Waals surface area (Å²) in [5.41, 5.74) is 11.7. The van der Waals surface area contributed by atoms with Crippen LogP contribution in [0.4, 0.5) is 0 Å². The minimum atomic E-state index is -0.321. The first kappa shape index (κ1) is 28.9. The molecule has 0 aliphatic rings. The number of benzene rings is 4. The zero-order chi connectivity index (χ0) is 30.2. The van der Waals surface area contributed by atoms with E-state index in [0.717, 1.165) is 55.3 Å². The Labute approximate surface area is 264 Å². The lowest BCUT2D eigenvalue weighted by molar-refractivity contribution is 0.0956. The highest BCUT2D eigenvalue weighted by molar-refractivity contribution is 6.42. The number of nitrogens with zero attached hydrogens (tertiary/aromatic N) is 3. The van der Waals surface area contributed by atoms with Gasteiger partial charge in [0.15, 0.2) is 0 Å². The van der Waals surface area contributed by atoms with Crippen LogP contribution in [-0.2, 0) is 6.54 Å². The van der Waals surface area contributed by atoms with Crippen molar-refractivity contribution in [1.29, 1.82) is 0 Å². The van der Waals surface area contributed by atoms with Gasteiger partial charge in [-0.2, -0.15) is 5.10 Å². The van der Waals surface area contributed by atoms with Gasteiger partial charge in [0.05, 0.1) is 33.0 Å². The van der Waals surface area contributed by atoms with Crippen molar-refractivity contribution in [2.75, 3.05) is 0 Å². The molecule has 0 unspecified atom stereocenters. The fraction of sp³-hybridized carbons (Fsp3) is 0.114. The third kappa shape index (κ3) is 5.89. The van der Waals surface area contributed by atoms with Crippen molar-refractivity contribution in [3.05, 3.63) is 134 Å². The monoisotopic (exact) mass is 624 g/mol. The standard InChI is InChI=1S/C35H27Cl3N4O/c1-20-4-12-32-26(14-20)28(17-33(40-32)24-7-9-25(36)10-8-24)35(43)41-39-18-29-22(3)42(34-13-5-21(2)15-27(29)34)19-23-6-11-30(37)31(38)16-23/h4-18H,19H2,1-3H3,(H,41,43)/b39-18+. The second-order valence-corrected chi connectivity index (χ2v) is 11.9. The first-order valence-corrected chi connectivity index (χ1v) is 14.9. The third-order valence-electron chi connectivity index (χ3n) is 7.56. The van der Waals surface area contributed by atoms with E-state index in [9.17, 15) is 4.79 Å². The van der Waals surface area contributed by atoms with Gasteiger partial charge in [-0.15, -0.1) is 0 Å². The minimum absolute atomic E-state index is 0.321. The van der Waals surface area contributed by atoms with Gasteiger partial charge in [0.25, 0.3) is 5.91 Å². The summed E-state index contributed by atoms with van der Waals surface area (Å²) in [7, 11) is 0. The van der Waals surface area contributed by atoms with Crippen LogP contribution in [0.3, 0.4) is 0 Å². The lowest BCUT2D eigenvalue weighted by Gasteiger charge is -2.10. The molecule has 1 N–H and O–H groups in total. The average molecular weight is 626 g/mol. The van der Waals surface area contributed by atoms with Crippen molar-refractivity contribution in [1.82, 2.24) is 15.0 Å². The topological polar surface area (TPSA) is 59.3 Å². The molecule has 8 heteroatoms. The number of hydrazone groups is 1. The Kier molecular flexibility index (Phi) is 7.97. The minimum Gasteiger partial charge on any atom is -0.340 e. The molecule has 5 nitrogen and oxygen atoms in total. The van der Waals surface area contributed by atoms with Crippen LogP contribution in [-0.4, -0.2) is 21.7 Å². The quantitative estimate of drug-likeness (QED) is 0.148. The molecule has 2 heterocycles. The highest BCUT2D eigenvalue weighted by atomic mass is 35.5. The van der Waals surface area contributed by atoms with Crippen LogP contribution >= 0.6 is 34.8 Å². The number of carbonyl (C=O) groups excluding carboxylic acids is 1. The van der Waals surface area contributed by atoms with E-state index in [0.29, 0.717) is 32.9 Å². The number of amides is 1. The van der Waals surface area contributed by atoms with Crippen LogP contribution in [0.1, 0.15) is 38.3 Å².